The Morgan fingerprint density at radius 2 is 2.30 bits per heavy atom. The Bertz CT molecular complexity index is 478. The molecule has 0 aliphatic carbocycles. The van der Waals surface area contributed by atoms with E-state index in [2.05, 4.69) is 17.2 Å². The topological polar surface area (TPSA) is 45.2 Å². The Morgan fingerprint density at radius 3 is 3.05 bits per heavy atom. The summed E-state index contributed by atoms with van der Waals surface area (Å²) >= 11 is 0. The van der Waals surface area contributed by atoms with Crippen LogP contribution in [-0.4, -0.2) is 35.4 Å². The van der Waals surface area contributed by atoms with E-state index in [-0.39, 0.29) is 17.3 Å². The Hall–Kier alpha value is -1.65. The van der Waals surface area contributed by atoms with Crippen LogP contribution in [0.4, 0.5) is 10.2 Å². The minimum Gasteiger partial charge on any atom is -0.368 e. The molecule has 1 saturated heterocycles. The molecular formula is C15H22FN3O. The molecule has 0 spiro atoms. The summed E-state index contributed by atoms with van der Waals surface area (Å²) in [5.74, 6) is 0.0174. The molecule has 1 aromatic rings. The molecule has 0 saturated carbocycles. The number of carbonyl (C=O) groups is 1. The lowest BCUT2D eigenvalue weighted by Crippen LogP contribution is -2.32. The molecule has 2 rings (SSSR count). The minimum atomic E-state index is -0.545. The zero-order valence-corrected chi connectivity index (χ0v) is 12.2. The summed E-state index contributed by atoms with van der Waals surface area (Å²) in [5.41, 5.74) is 0.116. The molecule has 110 valence electrons. The summed E-state index contributed by atoms with van der Waals surface area (Å²) in [4.78, 5) is 18.2. The van der Waals surface area contributed by atoms with Crippen LogP contribution in [0.3, 0.4) is 0 Å². The van der Waals surface area contributed by atoms with Gasteiger partial charge in [-0.1, -0.05) is 6.92 Å². The highest BCUT2D eigenvalue weighted by Gasteiger charge is 2.23. The number of hydrogen-bond donors (Lipinski definition) is 1. The zero-order valence-electron chi connectivity index (χ0n) is 12.2. The van der Waals surface area contributed by atoms with Gasteiger partial charge in [-0.25, -0.2) is 9.37 Å². The highest BCUT2D eigenvalue weighted by atomic mass is 19.1. The van der Waals surface area contributed by atoms with Crippen molar-refractivity contribution in [3.63, 3.8) is 0 Å². The van der Waals surface area contributed by atoms with Gasteiger partial charge >= 0.3 is 0 Å². The number of rotatable bonds is 3. The zero-order chi connectivity index (χ0) is 14.5. The number of likely N-dealkylation sites (tertiary alicyclic amines) is 1. The quantitative estimate of drug-likeness (QED) is 0.925. The highest BCUT2D eigenvalue weighted by Crippen LogP contribution is 2.21. The average Bonchev–Trinajstić information content (AvgIpc) is 2.65. The van der Waals surface area contributed by atoms with E-state index in [1.807, 2.05) is 6.92 Å². The van der Waals surface area contributed by atoms with Gasteiger partial charge in [0.25, 0.3) is 5.91 Å². The number of halogens is 1. The van der Waals surface area contributed by atoms with Crippen molar-refractivity contribution >= 4 is 11.7 Å². The number of hydrogen-bond acceptors (Lipinski definition) is 3. The third kappa shape index (κ3) is 3.26. The van der Waals surface area contributed by atoms with Gasteiger partial charge in [-0.2, -0.15) is 0 Å². The van der Waals surface area contributed by atoms with Crippen molar-refractivity contribution in [3.8, 4) is 0 Å². The Balaban J connectivity index is 2.18. The molecular weight excluding hydrogens is 257 g/mol. The maximum Gasteiger partial charge on any atom is 0.257 e. The molecule has 0 bridgehead atoms. The van der Waals surface area contributed by atoms with Gasteiger partial charge in [0.15, 0.2) is 11.6 Å². The molecule has 1 fully saturated rings. The summed E-state index contributed by atoms with van der Waals surface area (Å²) in [7, 11) is 0. The lowest BCUT2D eigenvalue weighted by molar-refractivity contribution is 0.0755. The van der Waals surface area contributed by atoms with E-state index in [1.54, 1.807) is 4.90 Å². The van der Waals surface area contributed by atoms with Gasteiger partial charge in [0.2, 0.25) is 0 Å². The summed E-state index contributed by atoms with van der Waals surface area (Å²) in [5, 5.41) is 2.84. The summed E-state index contributed by atoms with van der Waals surface area (Å²) in [6.45, 7) is 6.05. The maximum absolute atomic E-state index is 14.3. The first-order valence-corrected chi connectivity index (χ1v) is 7.31. The number of nitrogens with one attached hydrogen (secondary N) is 1. The number of nitrogens with zero attached hydrogens (tertiary/aromatic N) is 2. The van der Waals surface area contributed by atoms with Gasteiger partial charge < -0.3 is 10.2 Å². The molecule has 1 aromatic heterocycles. The van der Waals surface area contributed by atoms with Crippen LogP contribution in [0.5, 0.6) is 0 Å². The van der Waals surface area contributed by atoms with Crippen LogP contribution in [0.2, 0.25) is 0 Å². The summed E-state index contributed by atoms with van der Waals surface area (Å²) in [6, 6.07) is 1.47. The standard InChI is InChI=1S/C15H22FN3O/c1-3-17-14-13(16)12(6-8-18-14)15(20)19-9-4-5-11(2)7-10-19/h6,8,11H,3-5,7,9-10H2,1-2H3,(H,17,18). The SMILES string of the molecule is CCNc1nccc(C(=O)N2CCCC(C)CC2)c1F. The van der Waals surface area contributed by atoms with Gasteiger partial charge in [0.1, 0.15) is 0 Å². The maximum atomic E-state index is 14.3. The molecule has 1 aliphatic heterocycles. The van der Waals surface area contributed by atoms with Gasteiger partial charge in [-0.3, -0.25) is 4.79 Å². The second kappa shape index (κ2) is 6.68. The van der Waals surface area contributed by atoms with Crippen molar-refractivity contribution in [3.05, 3.63) is 23.6 Å². The van der Waals surface area contributed by atoms with E-state index < -0.39 is 5.82 Å². The van der Waals surface area contributed by atoms with Gasteiger partial charge in [0.05, 0.1) is 5.56 Å². The molecule has 4 nitrogen and oxygen atoms in total. The Labute approximate surface area is 119 Å². The van der Waals surface area contributed by atoms with Gasteiger partial charge in [-0.15, -0.1) is 0 Å². The highest BCUT2D eigenvalue weighted by molar-refractivity contribution is 5.95. The van der Waals surface area contributed by atoms with E-state index in [1.165, 1.54) is 12.3 Å². The fourth-order valence-electron chi connectivity index (χ4n) is 2.54. The van der Waals surface area contributed by atoms with Crippen molar-refractivity contribution in [2.45, 2.75) is 33.1 Å². The van der Waals surface area contributed by atoms with Gasteiger partial charge in [0, 0.05) is 25.8 Å². The second-order valence-electron chi connectivity index (χ2n) is 5.38. The molecule has 2 heterocycles. The monoisotopic (exact) mass is 279 g/mol. The van der Waals surface area contributed by atoms with Crippen LogP contribution < -0.4 is 5.32 Å². The van der Waals surface area contributed by atoms with Crippen molar-refractivity contribution < 1.29 is 9.18 Å². The predicted octanol–water partition coefficient (Wildman–Crippen LogP) is 2.91. The number of pyridine rings is 1. The molecule has 1 atom stereocenters. The van der Waals surface area contributed by atoms with Crippen LogP contribution in [-0.2, 0) is 0 Å². The van der Waals surface area contributed by atoms with Crippen molar-refractivity contribution in [1.29, 1.82) is 0 Å². The van der Waals surface area contributed by atoms with Crippen molar-refractivity contribution in [1.82, 2.24) is 9.88 Å². The predicted molar refractivity (Wildman–Crippen MR) is 77.3 cm³/mol. The fourth-order valence-corrected chi connectivity index (χ4v) is 2.54. The largest absolute Gasteiger partial charge is 0.368 e. The molecule has 0 radical (unpaired) electrons. The van der Waals surface area contributed by atoms with E-state index in [9.17, 15) is 9.18 Å². The second-order valence-corrected chi connectivity index (χ2v) is 5.38. The first-order valence-electron chi connectivity index (χ1n) is 7.31. The van der Waals surface area contributed by atoms with Gasteiger partial charge in [-0.05, 0) is 38.2 Å². The minimum absolute atomic E-state index is 0.116. The third-order valence-electron chi connectivity index (χ3n) is 3.77. The fraction of sp³-hybridized carbons (Fsp3) is 0.600. The summed E-state index contributed by atoms with van der Waals surface area (Å²) < 4.78 is 14.3. The smallest absolute Gasteiger partial charge is 0.257 e. The molecule has 5 heteroatoms. The first kappa shape index (κ1) is 14.8. The third-order valence-corrected chi connectivity index (χ3v) is 3.77. The molecule has 0 aromatic carbocycles. The molecule has 1 N–H and O–H groups in total. The lowest BCUT2D eigenvalue weighted by atomic mass is 10.0. The van der Waals surface area contributed by atoms with Crippen LogP contribution in [0.15, 0.2) is 12.3 Å². The number of amides is 1. The van der Waals surface area contributed by atoms with Crippen molar-refractivity contribution in [2.75, 3.05) is 25.0 Å². The normalized spacial score (nSPS) is 19.6. The lowest BCUT2D eigenvalue weighted by Gasteiger charge is -2.21. The van der Waals surface area contributed by atoms with Crippen LogP contribution in [0, 0.1) is 11.7 Å². The number of carbonyl (C=O) groups excluding carboxylic acids is 1. The summed E-state index contributed by atoms with van der Waals surface area (Å²) in [6.07, 6.45) is 4.58. The van der Waals surface area contributed by atoms with Crippen LogP contribution in [0.1, 0.15) is 43.5 Å². The number of aromatic nitrogens is 1. The van der Waals surface area contributed by atoms with E-state index in [4.69, 9.17) is 0 Å². The van der Waals surface area contributed by atoms with E-state index in [0.717, 1.165) is 19.3 Å². The molecule has 20 heavy (non-hydrogen) atoms. The first-order chi connectivity index (χ1) is 9.63. The Morgan fingerprint density at radius 1 is 1.50 bits per heavy atom. The molecule has 1 aliphatic rings. The van der Waals surface area contributed by atoms with E-state index >= 15 is 0 Å². The number of anilines is 1. The van der Waals surface area contributed by atoms with Crippen molar-refractivity contribution in [2.24, 2.45) is 5.92 Å². The van der Waals surface area contributed by atoms with Crippen LogP contribution in [0.25, 0.3) is 0 Å². The van der Waals surface area contributed by atoms with E-state index in [0.29, 0.717) is 25.6 Å². The molecule has 1 unspecified atom stereocenters. The molecule has 1 amide bonds. The van der Waals surface area contributed by atoms with Crippen LogP contribution >= 0.6 is 0 Å². The average molecular weight is 279 g/mol. The Kier molecular flexibility index (Phi) is 4.93.